The van der Waals surface area contributed by atoms with Crippen LogP contribution < -0.4 is 0 Å². The molecule has 0 aromatic carbocycles. The number of pyridine rings is 1. The number of hydrogen-bond acceptors (Lipinski definition) is 4. The van der Waals surface area contributed by atoms with E-state index in [1.165, 1.54) is 10.9 Å². The Labute approximate surface area is 105 Å². The van der Waals surface area contributed by atoms with Gasteiger partial charge in [0.15, 0.2) is 4.60 Å². The minimum absolute atomic E-state index is 0.387. The van der Waals surface area contributed by atoms with Crippen molar-refractivity contribution in [2.24, 2.45) is 7.05 Å². The molecule has 0 aliphatic heterocycles. The van der Waals surface area contributed by atoms with Crippen LogP contribution in [0.4, 0.5) is 0 Å². The number of rotatable bonds is 2. The van der Waals surface area contributed by atoms with Crippen LogP contribution in [0.5, 0.6) is 0 Å². The Hall–Kier alpha value is -0.980. The number of hydrogen-bond donors (Lipinski definition) is 1. The van der Waals surface area contributed by atoms with E-state index in [1.807, 2.05) is 0 Å². The van der Waals surface area contributed by atoms with Crippen LogP contribution in [-0.2, 0) is 7.05 Å². The molecule has 1 atom stereocenters. The molecule has 0 aliphatic rings. The average molecular weight is 304 g/mol. The van der Waals surface area contributed by atoms with E-state index in [4.69, 9.17) is 11.6 Å². The van der Waals surface area contributed by atoms with Gasteiger partial charge in [-0.1, -0.05) is 22.9 Å². The fourth-order valence-corrected chi connectivity index (χ4v) is 1.99. The van der Waals surface area contributed by atoms with Crippen LogP contribution in [-0.4, -0.2) is 25.1 Å². The standard InChI is InChI=1S/C9H8BrClN4O/c1-15-7(9(10)13-14-15)8(16)5-2-3-6(11)12-4-5/h2-4,8,16H,1H3. The molecule has 0 amide bonds. The molecule has 0 bridgehead atoms. The van der Waals surface area contributed by atoms with Gasteiger partial charge in [0, 0.05) is 18.8 Å². The van der Waals surface area contributed by atoms with Gasteiger partial charge in [-0.2, -0.15) is 0 Å². The summed E-state index contributed by atoms with van der Waals surface area (Å²) in [5, 5.41) is 18.1. The minimum atomic E-state index is -0.834. The van der Waals surface area contributed by atoms with Crippen molar-refractivity contribution in [1.29, 1.82) is 0 Å². The van der Waals surface area contributed by atoms with Crippen molar-refractivity contribution in [2.45, 2.75) is 6.10 Å². The lowest BCUT2D eigenvalue weighted by molar-refractivity contribution is 0.208. The van der Waals surface area contributed by atoms with Gasteiger partial charge in [-0.3, -0.25) is 0 Å². The topological polar surface area (TPSA) is 63.8 Å². The molecule has 84 valence electrons. The van der Waals surface area contributed by atoms with Gasteiger partial charge in [-0.05, 0) is 22.0 Å². The first-order chi connectivity index (χ1) is 7.59. The molecule has 2 aromatic rings. The zero-order valence-electron chi connectivity index (χ0n) is 8.30. The summed E-state index contributed by atoms with van der Waals surface area (Å²) in [6, 6.07) is 3.33. The highest BCUT2D eigenvalue weighted by Gasteiger charge is 2.19. The van der Waals surface area contributed by atoms with Crippen molar-refractivity contribution in [3.8, 4) is 0 Å². The summed E-state index contributed by atoms with van der Waals surface area (Å²) in [5.74, 6) is 0. The van der Waals surface area contributed by atoms with Crippen molar-refractivity contribution in [2.75, 3.05) is 0 Å². The molecule has 16 heavy (non-hydrogen) atoms. The molecular formula is C9H8BrClN4O. The second-order valence-corrected chi connectivity index (χ2v) is 4.34. The Balaban J connectivity index is 2.39. The van der Waals surface area contributed by atoms with Crippen LogP contribution in [0.3, 0.4) is 0 Å². The summed E-state index contributed by atoms with van der Waals surface area (Å²) < 4.78 is 2.01. The fourth-order valence-electron chi connectivity index (χ4n) is 1.34. The molecule has 0 saturated heterocycles. The molecule has 2 aromatic heterocycles. The van der Waals surface area contributed by atoms with E-state index in [0.717, 1.165) is 0 Å². The molecule has 1 unspecified atom stereocenters. The monoisotopic (exact) mass is 302 g/mol. The van der Waals surface area contributed by atoms with Crippen LogP contribution in [0.25, 0.3) is 0 Å². The lowest BCUT2D eigenvalue weighted by Crippen LogP contribution is -2.07. The van der Waals surface area contributed by atoms with E-state index >= 15 is 0 Å². The summed E-state index contributed by atoms with van der Waals surface area (Å²) in [4.78, 5) is 3.91. The summed E-state index contributed by atoms with van der Waals surface area (Å²) in [5.41, 5.74) is 1.21. The number of halogens is 2. The van der Waals surface area contributed by atoms with Crippen LogP contribution in [0.1, 0.15) is 17.4 Å². The Morgan fingerprint density at radius 1 is 1.50 bits per heavy atom. The van der Waals surface area contributed by atoms with Gasteiger partial charge >= 0.3 is 0 Å². The van der Waals surface area contributed by atoms with Crippen LogP contribution in [0, 0.1) is 0 Å². The van der Waals surface area contributed by atoms with Crippen molar-refractivity contribution in [3.05, 3.63) is 39.3 Å². The van der Waals surface area contributed by atoms with Crippen molar-refractivity contribution < 1.29 is 5.11 Å². The third-order valence-corrected chi connectivity index (χ3v) is 2.94. The first kappa shape index (κ1) is 11.5. The van der Waals surface area contributed by atoms with Crippen LogP contribution in [0.2, 0.25) is 5.15 Å². The Kier molecular flexibility index (Phi) is 3.22. The summed E-state index contributed by atoms with van der Waals surface area (Å²) in [6.45, 7) is 0. The summed E-state index contributed by atoms with van der Waals surface area (Å²) in [6.07, 6.45) is 0.686. The Morgan fingerprint density at radius 2 is 2.25 bits per heavy atom. The molecule has 0 saturated carbocycles. The molecule has 0 radical (unpaired) electrons. The minimum Gasteiger partial charge on any atom is -0.382 e. The lowest BCUT2D eigenvalue weighted by atomic mass is 10.1. The third kappa shape index (κ3) is 2.09. The first-order valence-electron chi connectivity index (χ1n) is 4.44. The third-order valence-electron chi connectivity index (χ3n) is 2.15. The second kappa shape index (κ2) is 4.48. The van der Waals surface area contributed by atoms with Gasteiger partial charge in [-0.15, -0.1) is 5.10 Å². The zero-order chi connectivity index (χ0) is 11.7. The van der Waals surface area contributed by atoms with E-state index in [0.29, 0.717) is 21.0 Å². The maximum Gasteiger partial charge on any atom is 0.154 e. The predicted molar refractivity (Wildman–Crippen MR) is 62.0 cm³/mol. The highest BCUT2D eigenvalue weighted by Crippen LogP contribution is 2.26. The smallest absolute Gasteiger partial charge is 0.154 e. The molecule has 2 heterocycles. The largest absolute Gasteiger partial charge is 0.382 e. The Morgan fingerprint density at radius 3 is 2.75 bits per heavy atom. The molecule has 2 rings (SSSR count). The van der Waals surface area contributed by atoms with Gasteiger partial charge in [0.1, 0.15) is 17.0 Å². The van der Waals surface area contributed by atoms with Gasteiger partial charge in [0.2, 0.25) is 0 Å². The highest BCUT2D eigenvalue weighted by atomic mass is 79.9. The van der Waals surface area contributed by atoms with Crippen LogP contribution >= 0.6 is 27.5 Å². The molecule has 0 fully saturated rings. The molecular weight excluding hydrogens is 295 g/mol. The number of aromatic nitrogens is 4. The van der Waals surface area contributed by atoms with E-state index in [-0.39, 0.29) is 0 Å². The van der Waals surface area contributed by atoms with E-state index < -0.39 is 6.10 Å². The number of aliphatic hydroxyl groups excluding tert-OH is 1. The number of aryl methyl sites for hydroxylation is 1. The molecule has 5 nitrogen and oxygen atoms in total. The predicted octanol–water partition coefficient (Wildman–Crippen LogP) is 1.71. The van der Waals surface area contributed by atoms with Crippen molar-refractivity contribution in [3.63, 3.8) is 0 Å². The molecule has 0 aliphatic carbocycles. The first-order valence-corrected chi connectivity index (χ1v) is 5.61. The van der Waals surface area contributed by atoms with Crippen LogP contribution in [0.15, 0.2) is 22.9 Å². The van der Waals surface area contributed by atoms with E-state index in [9.17, 15) is 5.11 Å². The highest BCUT2D eigenvalue weighted by molar-refractivity contribution is 9.10. The molecule has 0 spiro atoms. The van der Waals surface area contributed by atoms with Gasteiger partial charge in [0.05, 0.1) is 0 Å². The Bertz CT molecular complexity index is 479. The number of nitrogens with zero attached hydrogens (tertiary/aromatic N) is 4. The van der Waals surface area contributed by atoms with Crippen molar-refractivity contribution in [1.82, 2.24) is 20.0 Å². The zero-order valence-corrected chi connectivity index (χ0v) is 10.6. The van der Waals surface area contributed by atoms with E-state index in [2.05, 4.69) is 31.2 Å². The molecule has 1 N–H and O–H groups in total. The SMILES string of the molecule is Cn1nnc(Br)c1C(O)c1ccc(Cl)nc1. The van der Waals surface area contributed by atoms with Crippen molar-refractivity contribution >= 4 is 27.5 Å². The fraction of sp³-hybridized carbons (Fsp3) is 0.222. The van der Waals surface area contributed by atoms with Gasteiger partial charge < -0.3 is 5.11 Å². The normalized spacial score (nSPS) is 12.8. The van der Waals surface area contributed by atoms with Gasteiger partial charge in [-0.25, -0.2) is 9.67 Å². The quantitative estimate of drug-likeness (QED) is 0.858. The molecule has 7 heteroatoms. The summed E-state index contributed by atoms with van der Waals surface area (Å²) >= 11 is 8.90. The van der Waals surface area contributed by atoms with Gasteiger partial charge in [0.25, 0.3) is 0 Å². The number of aliphatic hydroxyl groups is 1. The van der Waals surface area contributed by atoms with E-state index in [1.54, 1.807) is 19.2 Å². The second-order valence-electron chi connectivity index (χ2n) is 3.21. The average Bonchev–Trinajstić information content (AvgIpc) is 2.59. The lowest BCUT2D eigenvalue weighted by Gasteiger charge is -2.10. The maximum atomic E-state index is 10.1. The maximum absolute atomic E-state index is 10.1. The summed E-state index contributed by atoms with van der Waals surface area (Å²) in [7, 11) is 1.71.